The van der Waals surface area contributed by atoms with Gasteiger partial charge in [-0.1, -0.05) is 0 Å². The Balaban J connectivity index is 2.59. The number of aliphatic hydroxyl groups excluding tert-OH is 1. The summed E-state index contributed by atoms with van der Waals surface area (Å²) in [6.45, 7) is 10.3. The van der Waals surface area contributed by atoms with Crippen LogP contribution in [0.2, 0.25) is 0 Å². The highest BCUT2D eigenvalue weighted by molar-refractivity contribution is 5.75. The maximum Gasteiger partial charge on any atom is 0.323 e. The SMILES string of the molecule is CC(O)CC1CCCN1C(C)C(=O)OC(C)(C)C. The zero-order chi connectivity index (χ0) is 13.9. The van der Waals surface area contributed by atoms with E-state index >= 15 is 0 Å². The number of likely N-dealkylation sites (tertiary alicyclic amines) is 1. The van der Waals surface area contributed by atoms with Crippen molar-refractivity contribution in [2.45, 2.75) is 77.7 Å². The van der Waals surface area contributed by atoms with Gasteiger partial charge in [-0.05, 0) is 60.4 Å². The molecule has 0 bridgehead atoms. The Bertz CT molecular complexity index is 283. The molecule has 18 heavy (non-hydrogen) atoms. The zero-order valence-electron chi connectivity index (χ0n) is 12.3. The molecule has 1 rings (SSSR count). The maximum atomic E-state index is 12.1. The van der Waals surface area contributed by atoms with Gasteiger partial charge in [-0.2, -0.15) is 0 Å². The van der Waals surface area contributed by atoms with Crippen LogP contribution in [0.1, 0.15) is 53.9 Å². The molecular weight excluding hydrogens is 230 g/mol. The van der Waals surface area contributed by atoms with Crippen LogP contribution in [0.5, 0.6) is 0 Å². The molecule has 1 heterocycles. The van der Waals surface area contributed by atoms with E-state index in [9.17, 15) is 9.90 Å². The van der Waals surface area contributed by atoms with Gasteiger partial charge in [-0.15, -0.1) is 0 Å². The molecule has 0 amide bonds. The monoisotopic (exact) mass is 257 g/mol. The van der Waals surface area contributed by atoms with Crippen molar-refractivity contribution in [1.82, 2.24) is 4.90 Å². The molecule has 0 saturated carbocycles. The number of rotatable bonds is 4. The summed E-state index contributed by atoms with van der Waals surface area (Å²) < 4.78 is 5.42. The Hall–Kier alpha value is -0.610. The van der Waals surface area contributed by atoms with E-state index in [0.29, 0.717) is 6.04 Å². The average molecular weight is 257 g/mol. The average Bonchev–Trinajstić information content (AvgIpc) is 2.60. The van der Waals surface area contributed by atoms with Gasteiger partial charge in [0.2, 0.25) is 0 Å². The molecular formula is C14H27NO3. The molecule has 3 unspecified atom stereocenters. The first kappa shape index (κ1) is 15.4. The van der Waals surface area contributed by atoms with Crippen LogP contribution in [0.3, 0.4) is 0 Å². The largest absolute Gasteiger partial charge is 0.459 e. The lowest BCUT2D eigenvalue weighted by molar-refractivity contribution is -0.161. The van der Waals surface area contributed by atoms with Crippen LogP contribution < -0.4 is 0 Å². The molecule has 0 aromatic carbocycles. The summed E-state index contributed by atoms with van der Waals surface area (Å²) in [4.78, 5) is 14.2. The van der Waals surface area contributed by atoms with Gasteiger partial charge in [0.25, 0.3) is 0 Å². The van der Waals surface area contributed by atoms with Crippen LogP contribution in [0, 0.1) is 0 Å². The first-order valence-corrected chi connectivity index (χ1v) is 6.87. The lowest BCUT2D eigenvalue weighted by atomic mass is 10.1. The fraction of sp³-hybridized carbons (Fsp3) is 0.929. The minimum absolute atomic E-state index is 0.167. The van der Waals surface area contributed by atoms with E-state index in [1.165, 1.54) is 0 Å². The van der Waals surface area contributed by atoms with Crippen LogP contribution in [-0.2, 0) is 9.53 Å². The molecule has 0 radical (unpaired) electrons. The highest BCUT2D eigenvalue weighted by atomic mass is 16.6. The molecule has 4 nitrogen and oxygen atoms in total. The second kappa shape index (κ2) is 6.02. The van der Waals surface area contributed by atoms with Crippen LogP contribution in [0.15, 0.2) is 0 Å². The second-order valence-corrected chi connectivity index (χ2v) is 6.33. The Morgan fingerprint density at radius 1 is 1.44 bits per heavy atom. The molecule has 0 spiro atoms. The van der Waals surface area contributed by atoms with Gasteiger partial charge in [-0.3, -0.25) is 9.69 Å². The summed E-state index contributed by atoms with van der Waals surface area (Å²) in [6, 6.07) is 0.0722. The van der Waals surface area contributed by atoms with Gasteiger partial charge in [0.1, 0.15) is 11.6 Å². The number of ether oxygens (including phenoxy) is 1. The van der Waals surface area contributed by atoms with Crippen molar-refractivity contribution in [2.24, 2.45) is 0 Å². The summed E-state index contributed by atoms with van der Waals surface area (Å²) in [7, 11) is 0. The number of carbonyl (C=O) groups excluding carboxylic acids is 1. The maximum absolute atomic E-state index is 12.1. The van der Waals surface area contributed by atoms with Crippen LogP contribution in [0.25, 0.3) is 0 Å². The lowest BCUT2D eigenvalue weighted by Crippen LogP contribution is -2.45. The van der Waals surface area contributed by atoms with Crippen molar-refractivity contribution in [3.8, 4) is 0 Å². The van der Waals surface area contributed by atoms with Crippen molar-refractivity contribution in [2.75, 3.05) is 6.54 Å². The number of esters is 1. The third-order valence-electron chi connectivity index (χ3n) is 3.28. The van der Waals surface area contributed by atoms with E-state index in [2.05, 4.69) is 4.90 Å². The molecule has 1 saturated heterocycles. The molecule has 1 fully saturated rings. The molecule has 1 aliphatic heterocycles. The Labute approximate surface area is 110 Å². The standard InChI is InChI=1S/C14H27NO3/c1-10(16)9-12-7-6-8-15(12)11(2)13(17)18-14(3,4)5/h10-12,16H,6-9H2,1-5H3. The summed E-state index contributed by atoms with van der Waals surface area (Å²) in [6.07, 6.45) is 2.55. The predicted molar refractivity (Wildman–Crippen MR) is 71.3 cm³/mol. The minimum atomic E-state index is -0.440. The molecule has 0 aliphatic carbocycles. The van der Waals surface area contributed by atoms with Gasteiger partial charge in [0.15, 0.2) is 0 Å². The van der Waals surface area contributed by atoms with Crippen LogP contribution in [0.4, 0.5) is 0 Å². The van der Waals surface area contributed by atoms with Crippen molar-refractivity contribution < 1.29 is 14.6 Å². The van der Waals surface area contributed by atoms with E-state index in [1.54, 1.807) is 6.92 Å². The first-order valence-electron chi connectivity index (χ1n) is 6.87. The molecule has 1 N–H and O–H groups in total. The lowest BCUT2D eigenvalue weighted by Gasteiger charge is -2.32. The van der Waals surface area contributed by atoms with Crippen molar-refractivity contribution in [3.05, 3.63) is 0 Å². The van der Waals surface area contributed by atoms with E-state index < -0.39 is 5.60 Å². The highest BCUT2D eigenvalue weighted by Crippen LogP contribution is 2.25. The van der Waals surface area contributed by atoms with Crippen molar-refractivity contribution in [3.63, 3.8) is 0 Å². The normalized spacial score (nSPS) is 24.9. The van der Waals surface area contributed by atoms with E-state index in [1.807, 2.05) is 27.7 Å². The Morgan fingerprint density at radius 3 is 2.56 bits per heavy atom. The number of hydrogen-bond donors (Lipinski definition) is 1. The summed E-state index contributed by atoms with van der Waals surface area (Å²) in [5.41, 5.74) is -0.440. The van der Waals surface area contributed by atoms with Crippen LogP contribution in [-0.4, -0.2) is 46.3 Å². The van der Waals surface area contributed by atoms with Gasteiger partial charge in [0.05, 0.1) is 6.10 Å². The van der Waals surface area contributed by atoms with E-state index in [4.69, 9.17) is 4.74 Å². The highest BCUT2D eigenvalue weighted by Gasteiger charge is 2.34. The summed E-state index contributed by atoms with van der Waals surface area (Å²) in [5, 5.41) is 9.49. The van der Waals surface area contributed by atoms with Gasteiger partial charge in [0, 0.05) is 6.04 Å². The first-order chi connectivity index (χ1) is 8.20. The van der Waals surface area contributed by atoms with Crippen LogP contribution >= 0.6 is 0 Å². The minimum Gasteiger partial charge on any atom is -0.459 e. The molecule has 0 aromatic heterocycles. The van der Waals surface area contributed by atoms with Gasteiger partial charge >= 0.3 is 5.97 Å². The van der Waals surface area contributed by atoms with Gasteiger partial charge < -0.3 is 9.84 Å². The number of carbonyl (C=O) groups is 1. The molecule has 3 atom stereocenters. The number of hydrogen-bond acceptors (Lipinski definition) is 4. The quantitative estimate of drug-likeness (QED) is 0.782. The van der Waals surface area contributed by atoms with E-state index in [0.717, 1.165) is 25.8 Å². The van der Waals surface area contributed by atoms with Gasteiger partial charge in [-0.25, -0.2) is 0 Å². The number of aliphatic hydroxyl groups is 1. The fourth-order valence-corrected chi connectivity index (χ4v) is 2.54. The molecule has 106 valence electrons. The van der Waals surface area contributed by atoms with E-state index in [-0.39, 0.29) is 18.1 Å². The summed E-state index contributed by atoms with van der Waals surface area (Å²) in [5.74, 6) is -0.167. The summed E-state index contributed by atoms with van der Waals surface area (Å²) >= 11 is 0. The third-order valence-corrected chi connectivity index (χ3v) is 3.28. The smallest absolute Gasteiger partial charge is 0.323 e. The Kier molecular flexibility index (Phi) is 5.17. The zero-order valence-corrected chi connectivity index (χ0v) is 12.3. The molecule has 0 aromatic rings. The molecule has 1 aliphatic rings. The fourth-order valence-electron chi connectivity index (χ4n) is 2.54. The molecule has 4 heteroatoms. The van der Waals surface area contributed by atoms with Crippen molar-refractivity contribution >= 4 is 5.97 Å². The topological polar surface area (TPSA) is 49.8 Å². The predicted octanol–water partition coefficient (Wildman–Crippen LogP) is 1.95. The third kappa shape index (κ3) is 4.58. The Morgan fingerprint density at radius 2 is 2.06 bits per heavy atom. The number of nitrogens with zero attached hydrogens (tertiary/aromatic N) is 1. The van der Waals surface area contributed by atoms with Crippen molar-refractivity contribution in [1.29, 1.82) is 0 Å². The second-order valence-electron chi connectivity index (χ2n) is 6.33.